The molecule has 0 radical (unpaired) electrons. The van der Waals surface area contributed by atoms with Gasteiger partial charge in [-0.1, -0.05) is 6.07 Å². The van der Waals surface area contributed by atoms with Crippen LogP contribution in [0.1, 0.15) is 25.0 Å². The molecule has 2 fully saturated rings. The monoisotopic (exact) mass is 336 g/mol. The SMILES string of the molecule is O=C1CC[C@@H]2CN(c3ccncc3)CC[C@@H]2N1CCc1ccccn1. The van der Waals surface area contributed by atoms with Gasteiger partial charge in [-0.05, 0) is 43.0 Å². The van der Waals surface area contributed by atoms with Gasteiger partial charge < -0.3 is 9.80 Å². The molecule has 4 heterocycles. The third-order valence-electron chi connectivity index (χ3n) is 5.51. The van der Waals surface area contributed by atoms with Crippen LogP contribution in [0.15, 0.2) is 48.9 Å². The number of anilines is 1. The van der Waals surface area contributed by atoms with E-state index in [1.165, 1.54) is 5.69 Å². The maximum Gasteiger partial charge on any atom is 0.222 e. The first kappa shape index (κ1) is 16.1. The van der Waals surface area contributed by atoms with Crippen LogP contribution in [0.25, 0.3) is 0 Å². The second-order valence-corrected chi connectivity index (χ2v) is 6.96. The molecular weight excluding hydrogens is 312 g/mol. The van der Waals surface area contributed by atoms with Crippen molar-refractivity contribution in [1.29, 1.82) is 0 Å². The highest BCUT2D eigenvalue weighted by Crippen LogP contribution is 2.33. The van der Waals surface area contributed by atoms with Crippen molar-refractivity contribution in [2.75, 3.05) is 24.5 Å². The first-order valence-electron chi connectivity index (χ1n) is 9.15. The summed E-state index contributed by atoms with van der Waals surface area (Å²) in [6.45, 7) is 2.81. The molecule has 2 saturated heterocycles. The van der Waals surface area contributed by atoms with Gasteiger partial charge in [0.05, 0.1) is 0 Å². The van der Waals surface area contributed by atoms with Gasteiger partial charge in [0.1, 0.15) is 0 Å². The molecule has 0 bridgehead atoms. The quantitative estimate of drug-likeness (QED) is 0.861. The lowest BCUT2D eigenvalue weighted by molar-refractivity contribution is -0.139. The average molecular weight is 336 g/mol. The Balaban J connectivity index is 1.43. The van der Waals surface area contributed by atoms with Crippen molar-refractivity contribution in [3.8, 4) is 0 Å². The number of fused-ring (bicyclic) bond motifs is 1. The smallest absolute Gasteiger partial charge is 0.222 e. The molecule has 1 amide bonds. The minimum absolute atomic E-state index is 0.314. The molecule has 130 valence electrons. The Morgan fingerprint density at radius 3 is 2.76 bits per heavy atom. The number of carbonyl (C=O) groups excluding carboxylic acids is 1. The summed E-state index contributed by atoms with van der Waals surface area (Å²) < 4.78 is 0. The zero-order chi connectivity index (χ0) is 17.1. The normalized spacial score (nSPS) is 23.4. The predicted octanol–water partition coefficient (Wildman–Crippen LogP) is 2.54. The third-order valence-corrected chi connectivity index (χ3v) is 5.51. The second-order valence-electron chi connectivity index (χ2n) is 6.96. The standard InChI is InChI=1S/C20H24N4O/c25-20-5-4-16-15-23(18-6-11-21-12-7-18)13-9-19(16)24(20)14-8-17-3-1-2-10-22-17/h1-3,6-7,10-12,16,19H,4-5,8-9,13-15H2/t16-,19+/m1/s1. The number of hydrogen-bond donors (Lipinski definition) is 0. The molecular formula is C20H24N4O. The highest BCUT2D eigenvalue weighted by molar-refractivity contribution is 5.77. The van der Waals surface area contributed by atoms with Gasteiger partial charge in [-0.15, -0.1) is 0 Å². The molecule has 0 aromatic carbocycles. The minimum atomic E-state index is 0.314. The molecule has 2 aliphatic heterocycles. The highest BCUT2D eigenvalue weighted by Gasteiger charge is 2.39. The van der Waals surface area contributed by atoms with E-state index in [0.717, 1.165) is 44.6 Å². The Labute approximate surface area is 148 Å². The number of hydrogen-bond acceptors (Lipinski definition) is 4. The molecule has 0 spiro atoms. The summed E-state index contributed by atoms with van der Waals surface area (Å²) in [6, 6.07) is 10.5. The summed E-state index contributed by atoms with van der Waals surface area (Å²) in [6.07, 6.45) is 9.09. The number of carbonyl (C=O) groups is 1. The van der Waals surface area contributed by atoms with E-state index >= 15 is 0 Å². The third kappa shape index (κ3) is 3.50. The van der Waals surface area contributed by atoms with Crippen LogP contribution in [0, 0.1) is 5.92 Å². The molecule has 0 N–H and O–H groups in total. The van der Waals surface area contributed by atoms with Gasteiger partial charge >= 0.3 is 0 Å². The van der Waals surface area contributed by atoms with Crippen LogP contribution in [0.2, 0.25) is 0 Å². The Bertz CT molecular complexity index is 706. The first-order valence-corrected chi connectivity index (χ1v) is 9.15. The van der Waals surface area contributed by atoms with Gasteiger partial charge in [0.25, 0.3) is 0 Å². The van der Waals surface area contributed by atoms with Crippen LogP contribution < -0.4 is 4.90 Å². The first-order chi connectivity index (χ1) is 12.3. The van der Waals surface area contributed by atoms with E-state index in [1.54, 1.807) is 0 Å². The van der Waals surface area contributed by atoms with Gasteiger partial charge in [0, 0.05) is 68.5 Å². The number of amides is 1. The van der Waals surface area contributed by atoms with E-state index in [4.69, 9.17) is 0 Å². The molecule has 0 saturated carbocycles. The van der Waals surface area contributed by atoms with E-state index < -0.39 is 0 Å². The lowest BCUT2D eigenvalue weighted by Gasteiger charge is -2.47. The topological polar surface area (TPSA) is 49.3 Å². The average Bonchev–Trinajstić information content (AvgIpc) is 2.68. The van der Waals surface area contributed by atoms with E-state index in [9.17, 15) is 4.79 Å². The Hall–Kier alpha value is -2.43. The Morgan fingerprint density at radius 1 is 1.08 bits per heavy atom. The minimum Gasteiger partial charge on any atom is -0.371 e. The zero-order valence-electron chi connectivity index (χ0n) is 14.4. The fourth-order valence-electron chi connectivity index (χ4n) is 4.21. The highest BCUT2D eigenvalue weighted by atomic mass is 16.2. The van der Waals surface area contributed by atoms with E-state index in [1.807, 2.05) is 36.8 Å². The van der Waals surface area contributed by atoms with E-state index in [-0.39, 0.29) is 0 Å². The molecule has 2 atom stereocenters. The molecule has 25 heavy (non-hydrogen) atoms. The summed E-state index contributed by atoms with van der Waals surface area (Å²) in [5, 5.41) is 0. The van der Waals surface area contributed by atoms with Crippen molar-refractivity contribution >= 4 is 11.6 Å². The van der Waals surface area contributed by atoms with Crippen molar-refractivity contribution in [2.24, 2.45) is 5.92 Å². The van der Waals surface area contributed by atoms with Crippen LogP contribution in [-0.4, -0.2) is 46.5 Å². The van der Waals surface area contributed by atoms with Crippen molar-refractivity contribution in [3.05, 3.63) is 54.6 Å². The van der Waals surface area contributed by atoms with Crippen LogP contribution in [0.5, 0.6) is 0 Å². The van der Waals surface area contributed by atoms with Gasteiger partial charge in [-0.2, -0.15) is 0 Å². The van der Waals surface area contributed by atoms with Crippen LogP contribution in [0.3, 0.4) is 0 Å². The van der Waals surface area contributed by atoms with Gasteiger partial charge in [0.2, 0.25) is 5.91 Å². The molecule has 0 aliphatic carbocycles. The second kappa shape index (κ2) is 7.21. The fraction of sp³-hybridized carbons (Fsp3) is 0.450. The summed E-state index contributed by atoms with van der Waals surface area (Å²) in [4.78, 5) is 25.6. The molecule has 5 nitrogen and oxygen atoms in total. The maximum absolute atomic E-state index is 12.5. The zero-order valence-corrected chi connectivity index (χ0v) is 14.4. The van der Waals surface area contributed by atoms with Crippen molar-refractivity contribution in [1.82, 2.24) is 14.9 Å². The molecule has 4 rings (SSSR count). The number of nitrogens with zero attached hydrogens (tertiary/aromatic N) is 4. The van der Waals surface area contributed by atoms with Crippen molar-refractivity contribution in [2.45, 2.75) is 31.7 Å². The van der Waals surface area contributed by atoms with Crippen LogP contribution in [-0.2, 0) is 11.2 Å². The van der Waals surface area contributed by atoms with E-state index in [0.29, 0.717) is 24.3 Å². The number of pyridine rings is 2. The fourth-order valence-corrected chi connectivity index (χ4v) is 4.21. The summed E-state index contributed by atoms with van der Waals surface area (Å²) in [5.41, 5.74) is 2.30. The lowest BCUT2D eigenvalue weighted by atomic mass is 9.83. The molecule has 2 aromatic rings. The Morgan fingerprint density at radius 2 is 1.96 bits per heavy atom. The number of likely N-dealkylation sites (tertiary alicyclic amines) is 1. The van der Waals surface area contributed by atoms with Crippen LogP contribution in [0.4, 0.5) is 5.69 Å². The van der Waals surface area contributed by atoms with E-state index in [2.05, 4.69) is 31.9 Å². The van der Waals surface area contributed by atoms with Crippen molar-refractivity contribution < 1.29 is 4.79 Å². The number of aromatic nitrogens is 2. The van der Waals surface area contributed by atoms with Gasteiger partial charge in [-0.25, -0.2) is 0 Å². The van der Waals surface area contributed by atoms with Crippen LogP contribution >= 0.6 is 0 Å². The molecule has 2 aromatic heterocycles. The largest absolute Gasteiger partial charge is 0.371 e. The predicted molar refractivity (Wildman–Crippen MR) is 97.2 cm³/mol. The number of rotatable bonds is 4. The summed E-state index contributed by atoms with van der Waals surface area (Å²) >= 11 is 0. The van der Waals surface area contributed by atoms with Crippen molar-refractivity contribution in [3.63, 3.8) is 0 Å². The molecule has 5 heteroatoms. The maximum atomic E-state index is 12.5. The summed E-state index contributed by atoms with van der Waals surface area (Å²) in [5.74, 6) is 0.873. The molecule has 2 aliphatic rings. The summed E-state index contributed by atoms with van der Waals surface area (Å²) in [7, 11) is 0. The lowest BCUT2D eigenvalue weighted by Crippen LogP contribution is -2.56. The molecule has 0 unspecified atom stereocenters. The number of piperidine rings is 2. The van der Waals surface area contributed by atoms with Gasteiger partial charge in [-0.3, -0.25) is 14.8 Å². The van der Waals surface area contributed by atoms with Gasteiger partial charge in [0.15, 0.2) is 0 Å². The Kier molecular flexibility index (Phi) is 4.63.